The number of hydrogen-bond donors (Lipinski definition) is 0. The van der Waals surface area contributed by atoms with Crippen molar-refractivity contribution in [1.82, 2.24) is 0 Å². The highest BCUT2D eigenvalue weighted by atomic mass is 19.1. The average molecular weight is 148 g/mol. The Morgan fingerprint density at radius 2 is 2.10 bits per heavy atom. The van der Waals surface area contributed by atoms with Gasteiger partial charge < -0.3 is 0 Å². The lowest BCUT2D eigenvalue weighted by molar-refractivity contribution is 0.325. The van der Waals surface area contributed by atoms with Gasteiger partial charge in [-0.1, -0.05) is 19.9 Å². The highest BCUT2D eigenvalue weighted by molar-refractivity contribution is 4.91. The summed E-state index contributed by atoms with van der Waals surface area (Å²) in [7, 11) is 0. The maximum atomic E-state index is 12.4. The minimum atomic E-state index is -0.877. The zero-order valence-electron chi connectivity index (χ0n) is 6.53. The normalized spacial score (nSPS) is 15.4. The van der Waals surface area contributed by atoms with Gasteiger partial charge in [-0.2, -0.15) is 0 Å². The standard InChI is InChI=1S/C8H14F2/c1-3-7(9)5-6-8(10)4-2/h5,8H,3-4,6H2,1-2H3/b7-5+. The lowest BCUT2D eigenvalue weighted by Crippen LogP contribution is -1.94. The monoisotopic (exact) mass is 148 g/mol. The molecule has 0 aromatic heterocycles. The van der Waals surface area contributed by atoms with E-state index in [0.29, 0.717) is 12.8 Å². The van der Waals surface area contributed by atoms with Crippen molar-refractivity contribution in [3.8, 4) is 0 Å². The van der Waals surface area contributed by atoms with E-state index in [1.54, 1.807) is 13.8 Å². The van der Waals surface area contributed by atoms with Crippen LogP contribution < -0.4 is 0 Å². The van der Waals surface area contributed by atoms with Crippen LogP contribution in [0.15, 0.2) is 11.9 Å². The van der Waals surface area contributed by atoms with Crippen molar-refractivity contribution in [2.45, 2.75) is 39.3 Å². The number of hydrogen-bond acceptors (Lipinski definition) is 0. The number of alkyl halides is 1. The molecule has 0 amide bonds. The highest BCUT2D eigenvalue weighted by Gasteiger charge is 2.00. The fraction of sp³-hybridized carbons (Fsp3) is 0.750. The van der Waals surface area contributed by atoms with E-state index in [2.05, 4.69) is 0 Å². The van der Waals surface area contributed by atoms with Gasteiger partial charge in [-0.05, 0) is 19.3 Å². The van der Waals surface area contributed by atoms with Gasteiger partial charge in [0.25, 0.3) is 0 Å². The molecular formula is C8H14F2. The molecule has 1 atom stereocenters. The highest BCUT2D eigenvalue weighted by Crippen LogP contribution is 2.08. The van der Waals surface area contributed by atoms with E-state index in [4.69, 9.17) is 0 Å². The van der Waals surface area contributed by atoms with Gasteiger partial charge in [0.05, 0.1) is 5.83 Å². The Bertz CT molecular complexity index is 108. The molecule has 0 nitrogen and oxygen atoms in total. The van der Waals surface area contributed by atoms with Crippen LogP contribution in [0.3, 0.4) is 0 Å². The van der Waals surface area contributed by atoms with E-state index in [0.717, 1.165) is 0 Å². The number of allylic oxidation sites excluding steroid dienone is 2. The molecule has 0 saturated heterocycles. The topological polar surface area (TPSA) is 0 Å². The Kier molecular flexibility index (Phi) is 5.17. The molecule has 0 N–H and O–H groups in total. The van der Waals surface area contributed by atoms with Crippen LogP contribution in [0, 0.1) is 0 Å². The van der Waals surface area contributed by atoms with Crippen molar-refractivity contribution in [3.63, 3.8) is 0 Å². The molecule has 10 heavy (non-hydrogen) atoms. The van der Waals surface area contributed by atoms with Crippen molar-refractivity contribution in [2.24, 2.45) is 0 Å². The summed E-state index contributed by atoms with van der Waals surface area (Å²) in [5.74, 6) is -0.212. The third kappa shape index (κ3) is 4.48. The van der Waals surface area contributed by atoms with Gasteiger partial charge in [0.1, 0.15) is 6.17 Å². The molecule has 1 unspecified atom stereocenters. The van der Waals surface area contributed by atoms with E-state index in [1.165, 1.54) is 6.08 Å². The molecule has 0 aliphatic heterocycles. The molecule has 0 rings (SSSR count). The van der Waals surface area contributed by atoms with E-state index in [9.17, 15) is 8.78 Å². The summed E-state index contributed by atoms with van der Waals surface area (Å²) in [6.07, 6.45) is 1.51. The molecule has 0 aliphatic rings. The van der Waals surface area contributed by atoms with Crippen molar-refractivity contribution in [2.75, 3.05) is 0 Å². The van der Waals surface area contributed by atoms with Gasteiger partial charge in [0, 0.05) is 0 Å². The summed E-state index contributed by atoms with van der Waals surface area (Å²) in [5, 5.41) is 0. The summed E-state index contributed by atoms with van der Waals surface area (Å²) in [4.78, 5) is 0. The maximum Gasteiger partial charge on any atom is 0.103 e. The first-order chi connectivity index (χ1) is 4.70. The van der Waals surface area contributed by atoms with Gasteiger partial charge in [0.15, 0.2) is 0 Å². The molecule has 0 aromatic rings. The van der Waals surface area contributed by atoms with Crippen molar-refractivity contribution >= 4 is 0 Å². The zero-order chi connectivity index (χ0) is 7.98. The number of halogens is 2. The third-order valence-electron chi connectivity index (χ3n) is 1.38. The van der Waals surface area contributed by atoms with Gasteiger partial charge in [-0.3, -0.25) is 0 Å². The van der Waals surface area contributed by atoms with Crippen LogP contribution in [-0.2, 0) is 0 Å². The van der Waals surface area contributed by atoms with Crippen molar-refractivity contribution in [1.29, 1.82) is 0 Å². The smallest absolute Gasteiger partial charge is 0.103 e. The molecule has 0 bridgehead atoms. The molecule has 0 aliphatic carbocycles. The van der Waals surface area contributed by atoms with Gasteiger partial charge in [0.2, 0.25) is 0 Å². The van der Waals surface area contributed by atoms with Crippen molar-refractivity contribution < 1.29 is 8.78 Å². The van der Waals surface area contributed by atoms with E-state index < -0.39 is 6.17 Å². The Morgan fingerprint density at radius 1 is 1.50 bits per heavy atom. The lowest BCUT2D eigenvalue weighted by Gasteiger charge is -1.98. The quantitative estimate of drug-likeness (QED) is 0.573. The van der Waals surface area contributed by atoms with Crippen LogP contribution in [0.5, 0.6) is 0 Å². The second kappa shape index (κ2) is 5.39. The third-order valence-corrected chi connectivity index (χ3v) is 1.38. The summed E-state index contributed by atoms with van der Waals surface area (Å²) >= 11 is 0. The predicted octanol–water partition coefficient (Wildman–Crippen LogP) is 3.39. The van der Waals surface area contributed by atoms with E-state index in [1.807, 2.05) is 0 Å². The van der Waals surface area contributed by atoms with Crippen LogP contribution in [0.25, 0.3) is 0 Å². The fourth-order valence-electron chi connectivity index (χ4n) is 0.567. The minimum absolute atomic E-state index is 0.212. The Morgan fingerprint density at radius 3 is 2.50 bits per heavy atom. The minimum Gasteiger partial charge on any atom is -0.247 e. The molecule has 0 radical (unpaired) electrons. The molecule has 0 fully saturated rings. The molecule has 60 valence electrons. The number of rotatable bonds is 4. The Labute approximate surface area is 60.9 Å². The fourth-order valence-corrected chi connectivity index (χ4v) is 0.567. The SMILES string of the molecule is CC/C(F)=C\CC(F)CC. The zero-order valence-corrected chi connectivity index (χ0v) is 6.53. The molecule has 2 heteroatoms. The van der Waals surface area contributed by atoms with Crippen LogP contribution in [-0.4, -0.2) is 6.17 Å². The first-order valence-electron chi connectivity index (χ1n) is 3.69. The second-order valence-corrected chi connectivity index (χ2v) is 2.25. The molecular weight excluding hydrogens is 134 g/mol. The summed E-state index contributed by atoms with van der Waals surface area (Å²) in [6.45, 7) is 3.47. The first-order valence-corrected chi connectivity index (χ1v) is 3.69. The van der Waals surface area contributed by atoms with Crippen LogP contribution in [0.1, 0.15) is 33.1 Å². The second-order valence-electron chi connectivity index (χ2n) is 2.25. The Hall–Kier alpha value is -0.400. The van der Waals surface area contributed by atoms with Crippen LogP contribution in [0.2, 0.25) is 0 Å². The van der Waals surface area contributed by atoms with E-state index in [-0.39, 0.29) is 12.2 Å². The largest absolute Gasteiger partial charge is 0.247 e. The molecule has 0 aromatic carbocycles. The summed E-state index contributed by atoms with van der Waals surface area (Å²) < 4.78 is 24.7. The summed E-state index contributed by atoms with van der Waals surface area (Å²) in [5.41, 5.74) is 0. The van der Waals surface area contributed by atoms with Crippen molar-refractivity contribution in [3.05, 3.63) is 11.9 Å². The van der Waals surface area contributed by atoms with E-state index >= 15 is 0 Å². The summed E-state index contributed by atoms with van der Waals surface area (Å²) in [6, 6.07) is 0. The molecule has 0 saturated carbocycles. The lowest BCUT2D eigenvalue weighted by atomic mass is 10.2. The van der Waals surface area contributed by atoms with Crippen LogP contribution >= 0.6 is 0 Å². The predicted molar refractivity (Wildman–Crippen MR) is 39.3 cm³/mol. The van der Waals surface area contributed by atoms with Crippen LogP contribution in [0.4, 0.5) is 8.78 Å². The van der Waals surface area contributed by atoms with Gasteiger partial charge in [-0.25, -0.2) is 8.78 Å². The molecule has 0 spiro atoms. The molecule has 0 heterocycles. The Balaban J connectivity index is 3.50. The van der Waals surface area contributed by atoms with Gasteiger partial charge in [-0.15, -0.1) is 0 Å². The van der Waals surface area contributed by atoms with Gasteiger partial charge >= 0.3 is 0 Å². The maximum absolute atomic E-state index is 12.4. The first kappa shape index (κ1) is 9.60. The average Bonchev–Trinajstić information content (AvgIpc) is 1.99.